The largest absolute Gasteiger partial charge is 0.534 e. The van der Waals surface area contributed by atoms with Crippen LogP contribution in [0.4, 0.5) is 22.0 Å². The van der Waals surface area contributed by atoms with Crippen LogP contribution < -0.4 is 4.18 Å². The first kappa shape index (κ1) is 21.8. The van der Waals surface area contributed by atoms with Crippen LogP contribution in [0.3, 0.4) is 0 Å². The quantitative estimate of drug-likeness (QED) is 0.310. The molecule has 168 valence electrons. The van der Waals surface area contributed by atoms with Gasteiger partial charge in [0.2, 0.25) is 5.95 Å². The van der Waals surface area contributed by atoms with E-state index in [1.165, 1.54) is 19.1 Å². The maximum atomic E-state index is 14.9. The lowest BCUT2D eigenvalue weighted by Crippen LogP contribution is -2.28. The SMILES string of the molecule is CCc1c(F)ccc2cc3c(c(F)nn3C3CCCCO3)c(OS(=O)(=O)C(F)(F)F)c12. The molecular formula is C19H17F5N2O4S. The van der Waals surface area contributed by atoms with Crippen molar-refractivity contribution in [2.75, 3.05) is 6.61 Å². The van der Waals surface area contributed by atoms with Gasteiger partial charge in [0.05, 0.1) is 5.52 Å². The first-order valence-corrected chi connectivity index (χ1v) is 10.9. The Labute approximate surface area is 173 Å². The van der Waals surface area contributed by atoms with E-state index >= 15 is 0 Å². The third kappa shape index (κ3) is 3.61. The molecule has 0 radical (unpaired) electrons. The third-order valence-electron chi connectivity index (χ3n) is 5.20. The van der Waals surface area contributed by atoms with Gasteiger partial charge in [0.1, 0.15) is 11.2 Å². The molecule has 0 spiro atoms. The number of benzene rings is 2. The summed E-state index contributed by atoms with van der Waals surface area (Å²) in [6, 6.07) is 3.76. The molecule has 31 heavy (non-hydrogen) atoms. The van der Waals surface area contributed by atoms with Gasteiger partial charge < -0.3 is 8.92 Å². The lowest BCUT2D eigenvalue weighted by Gasteiger charge is -2.23. The highest BCUT2D eigenvalue weighted by atomic mass is 32.2. The zero-order valence-electron chi connectivity index (χ0n) is 16.2. The summed E-state index contributed by atoms with van der Waals surface area (Å²) in [4.78, 5) is 0. The van der Waals surface area contributed by atoms with Gasteiger partial charge in [-0.15, -0.1) is 5.10 Å². The molecule has 0 bridgehead atoms. The highest BCUT2D eigenvalue weighted by molar-refractivity contribution is 7.88. The van der Waals surface area contributed by atoms with Crippen molar-refractivity contribution in [3.63, 3.8) is 0 Å². The molecule has 6 nitrogen and oxygen atoms in total. The van der Waals surface area contributed by atoms with Crippen molar-refractivity contribution in [3.05, 3.63) is 35.5 Å². The summed E-state index contributed by atoms with van der Waals surface area (Å²) in [5.74, 6) is -2.97. The van der Waals surface area contributed by atoms with Crippen molar-refractivity contribution in [3.8, 4) is 5.75 Å². The molecule has 1 saturated heterocycles. The Morgan fingerprint density at radius 1 is 1.23 bits per heavy atom. The van der Waals surface area contributed by atoms with Crippen LogP contribution in [0.1, 0.15) is 38.0 Å². The molecule has 0 amide bonds. The van der Waals surface area contributed by atoms with E-state index in [1.807, 2.05) is 0 Å². The summed E-state index contributed by atoms with van der Waals surface area (Å²) in [7, 11) is -6.16. The van der Waals surface area contributed by atoms with Gasteiger partial charge in [0.15, 0.2) is 12.0 Å². The summed E-state index contributed by atoms with van der Waals surface area (Å²) in [5.41, 5.74) is -5.88. The number of aryl methyl sites for hydroxylation is 1. The topological polar surface area (TPSA) is 70.4 Å². The van der Waals surface area contributed by atoms with Crippen LogP contribution in [0.5, 0.6) is 5.75 Å². The molecule has 4 rings (SSSR count). The average molecular weight is 464 g/mol. The van der Waals surface area contributed by atoms with Gasteiger partial charge >= 0.3 is 15.6 Å². The van der Waals surface area contributed by atoms with E-state index in [2.05, 4.69) is 9.28 Å². The van der Waals surface area contributed by atoms with E-state index in [-0.39, 0.29) is 28.3 Å². The Hall–Kier alpha value is -2.47. The summed E-state index contributed by atoms with van der Waals surface area (Å²) in [5, 5.41) is 3.07. The monoisotopic (exact) mass is 464 g/mol. The summed E-state index contributed by atoms with van der Waals surface area (Å²) in [6.45, 7) is 1.91. The van der Waals surface area contributed by atoms with Crippen LogP contribution in [0.2, 0.25) is 0 Å². The molecule has 3 aromatic rings. The van der Waals surface area contributed by atoms with E-state index in [4.69, 9.17) is 4.74 Å². The van der Waals surface area contributed by atoms with Crippen LogP contribution in [-0.4, -0.2) is 30.3 Å². The maximum Gasteiger partial charge on any atom is 0.534 e. The summed E-state index contributed by atoms with van der Waals surface area (Å²) < 4.78 is 103. The molecule has 1 aliphatic heterocycles. The number of hydrogen-bond donors (Lipinski definition) is 0. The Bertz CT molecular complexity index is 1260. The van der Waals surface area contributed by atoms with Gasteiger partial charge in [-0.3, -0.25) is 0 Å². The minimum atomic E-state index is -6.16. The van der Waals surface area contributed by atoms with Crippen LogP contribution in [-0.2, 0) is 21.3 Å². The molecule has 1 unspecified atom stereocenters. The fourth-order valence-corrected chi connectivity index (χ4v) is 4.27. The summed E-state index contributed by atoms with van der Waals surface area (Å²) in [6.07, 6.45) is 1.35. The first-order valence-electron chi connectivity index (χ1n) is 9.49. The van der Waals surface area contributed by atoms with Gasteiger partial charge in [-0.05, 0) is 48.8 Å². The van der Waals surface area contributed by atoms with Crippen molar-refractivity contribution >= 4 is 31.8 Å². The normalized spacial score (nSPS) is 18.1. The standard InChI is InChI=1S/C19H17F5N2O4S/c1-2-11-12(20)7-6-10-9-13-16(17(15(10)11)30-31(27,28)19(22,23)24)18(21)25-26(13)14-5-3-4-8-29-14/h6-7,9,14H,2-5,8H2,1H3. The smallest absolute Gasteiger partial charge is 0.374 e. The molecule has 0 aliphatic carbocycles. The first-order chi connectivity index (χ1) is 14.5. The highest BCUT2D eigenvalue weighted by Crippen LogP contribution is 2.43. The molecule has 1 aromatic heterocycles. The van der Waals surface area contributed by atoms with Crippen molar-refractivity contribution in [1.82, 2.24) is 9.78 Å². The Balaban J connectivity index is 2.09. The van der Waals surface area contributed by atoms with E-state index < -0.39 is 44.8 Å². The minimum absolute atomic E-state index is 0.00139. The van der Waals surface area contributed by atoms with Crippen LogP contribution in [0.15, 0.2) is 18.2 Å². The molecule has 1 fully saturated rings. The number of rotatable bonds is 4. The fourth-order valence-electron chi connectivity index (χ4n) is 3.79. The number of halogens is 5. The lowest BCUT2D eigenvalue weighted by atomic mass is 9.99. The molecule has 0 N–H and O–H groups in total. The van der Waals surface area contributed by atoms with Crippen LogP contribution >= 0.6 is 0 Å². The molecule has 12 heteroatoms. The van der Waals surface area contributed by atoms with Crippen molar-refractivity contribution in [1.29, 1.82) is 0 Å². The predicted octanol–water partition coefficient (Wildman–Crippen LogP) is 4.96. The predicted molar refractivity (Wildman–Crippen MR) is 101 cm³/mol. The zero-order valence-corrected chi connectivity index (χ0v) is 17.0. The molecule has 2 aromatic carbocycles. The van der Waals surface area contributed by atoms with E-state index in [9.17, 15) is 30.4 Å². The molecule has 1 atom stereocenters. The molecule has 0 saturated carbocycles. The van der Waals surface area contributed by atoms with E-state index in [1.54, 1.807) is 0 Å². The minimum Gasteiger partial charge on any atom is -0.374 e. The van der Waals surface area contributed by atoms with Crippen LogP contribution in [0.25, 0.3) is 21.7 Å². The van der Waals surface area contributed by atoms with Gasteiger partial charge in [-0.2, -0.15) is 26.0 Å². The zero-order chi connectivity index (χ0) is 22.6. The average Bonchev–Trinajstić information content (AvgIpc) is 3.04. The second-order valence-electron chi connectivity index (χ2n) is 7.12. The third-order valence-corrected chi connectivity index (χ3v) is 6.15. The second kappa shape index (κ2) is 7.59. The Kier molecular flexibility index (Phi) is 5.32. The number of aromatic nitrogens is 2. The highest BCUT2D eigenvalue weighted by Gasteiger charge is 2.49. The molecule has 1 aliphatic rings. The molecular weight excluding hydrogens is 447 g/mol. The second-order valence-corrected chi connectivity index (χ2v) is 8.66. The van der Waals surface area contributed by atoms with E-state index in [0.717, 1.165) is 23.6 Å². The Morgan fingerprint density at radius 3 is 2.58 bits per heavy atom. The van der Waals surface area contributed by atoms with Gasteiger partial charge in [-0.1, -0.05) is 13.0 Å². The number of hydrogen-bond acceptors (Lipinski definition) is 5. The van der Waals surface area contributed by atoms with Gasteiger partial charge in [0, 0.05) is 12.0 Å². The number of fused-ring (bicyclic) bond motifs is 2. The fraction of sp³-hybridized carbons (Fsp3) is 0.421. The maximum absolute atomic E-state index is 14.9. The molecule has 2 heterocycles. The van der Waals surface area contributed by atoms with Gasteiger partial charge in [-0.25, -0.2) is 9.07 Å². The van der Waals surface area contributed by atoms with Crippen molar-refractivity contribution < 1.29 is 39.3 Å². The van der Waals surface area contributed by atoms with Gasteiger partial charge in [0.25, 0.3) is 0 Å². The van der Waals surface area contributed by atoms with Crippen molar-refractivity contribution in [2.24, 2.45) is 0 Å². The summed E-state index contributed by atoms with van der Waals surface area (Å²) >= 11 is 0. The van der Waals surface area contributed by atoms with E-state index in [0.29, 0.717) is 13.0 Å². The van der Waals surface area contributed by atoms with Crippen LogP contribution in [0, 0.1) is 11.8 Å². The number of ether oxygens (including phenoxy) is 1. The Morgan fingerprint density at radius 2 is 1.97 bits per heavy atom. The lowest BCUT2D eigenvalue weighted by molar-refractivity contribution is -0.0499. The number of alkyl halides is 3. The van der Waals surface area contributed by atoms with Crippen molar-refractivity contribution in [2.45, 2.75) is 44.3 Å². The number of nitrogens with zero attached hydrogens (tertiary/aromatic N) is 2.